The van der Waals surface area contributed by atoms with Crippen molar-refractivity contribution in [3.05, 3.63) is 24.0 Å². The van der Waals surface area contributed by atoms with E-state index in [1.54, 1.807) is 34.6 Å². The molecule has 0 saturated carbocycles. The molecule has 0 N–H and O–H groups in total. The third-order valence-electron chi connectivity index (χ3n) is 2.46. The van der Waals surface area contributed by atoms with Crippen LogP contribution in [0.5, 0.6) is 0 Å². The zero-order valence-corrected chi connectivity index (χ0v) is 12.8. The highest BCUT2D eigenvalue weighted by molar-refractivity contribution is 7.99. The van der Waals surface area contributed by atoms with Gasteiger partial charge in [0.2, 0.25) is 0 Å². The Morgan fingerprint density at radius 3 is 2.94 bits per heavy atom. The second kappa shape index (κ2) is 8.43. The minimum absolute atomic E-state index is 0.0210. The number of carbonyl (C=O) groups is 1. The van der Waals surface area contributed by atoms with E-state index in [9.17, 15) is 4.79 Å². The second-order valence-electron chi connectivity index (χ2n) is 3.86. The standard InChI is InChI=1S/C13H20N2OS2/c1-4-18-11-7-5-8-14-12(11)13(16)15(2)9-6-10-17-3/h5,7-8H,4,6,9-10H2,1-3H3. The molecule has 1 rings (SSSR count). The highest BCUT2D eigenvalue weighted by Gasteiger charge is 2.16. The Hall–Kier alpha value is -0.680. The van der Waals surface area contributed by atoms with Crippen LogP contribution in [0, 0.1) is 0 Å². The molecule has 0 aliphatic heterocycles. The van der Waals surface area contributed by atoms with E-state index < -0.39 is 0 Å². The van der Waals surface area contributed by atoms with Crippen LogP contribution in [0.4, 0.5) is 0 Å². The molecule has 0 bridgehead atoms. The molecule has 1 heterocycles. The Balaban J connectivity index is 2.70. The minimum atomic E-state index is 0.0210. The first-order valence-electron chi connectivity index (χ1n) is 6.03. The summed E-state index contributed by atoms with van der Waals surface area (Å²) in [5.74, 6) is 2.05. The van der Waals surface area contributed by atoms with E-state index in [1.807, 2.05) is 19.2 Å². The van der Waals surface area contributed by atoms with Crippen LogP contribution in [-0.4, -0.2) is 47.1 Å². The Kier molecular flexibility index (Phi) is 7.20. The van der Waals surface area contributed by atoms with E-state index in [0.717, 1.165) is 29.4 Å². The zero-order valence-electron chi connectivity index (χ0n) is 11.2. The van der Waals surface area contributed by atoms with Crippen molar-refractivity contribution in [3.8, 4) is 0 Å². The van der Waals surface area contributed by atoms with Crippen LogP contribution in [0.2, 0.25) is 0 Å². The predicted molar refractivity (Wildman–Crippen MR) is 80.6 cm³/mol. The number of amides is 1. The minimum Gasteiger partial charge on any atom is -0.340 e. The molecular formula is C13H20N2OS2. The van der Waals surface area contributed by atoms with Gasteiger partial charge >= 0.3 is 0 Å². The molecule has 1 amide bonds. The molecule has 0 radical (unpaired) electrons. The van der Waals surface area contributed by atoms with Crippen molar-refractivity contribution >= 4 is 29.4 Å². The Morgan fingerprint density at radius 2 is 2.28 bits per heavy atom. The molecule has 18 heavy (non-hydrogen) atoms. The highest BCUT2D eigenvalue weighted by Crippen LogP contribution is 2.21. The van der Waals surface area contributed by atoms with Gasteiger partial charge in [-0.15, -0.1) is 11.8 Å². The number of hydrogen-bond acceptors (Lipinski definition) is 4. The lowest BCUT2D eigenvalue weighted by Crippen LogP contribution is -2.29. The van der Waals surface area contributed by atoms with Crippen molar-refractivity contribution in [3.63, 3.8) is 0 Å². The number of nitrogens with zero attached hydrogens (tertiary/aromatic N) is 2. The summed E-state index contributed by atoms with van der Waals surface area (Å²) in [7, 11) is 1.84. The lowest BCUT2D eigenvalue weighted by molar-refractivity contribution is 0.0786. The van der Waals surface area contributed by atoms with Crippen molar-refractivity contribution in [1.82, 2.24) is 9.88 Å². The fourth-order valence-electron chi connectivity index (χ4n) is 1.55. The molecule has 1 aromatic heterocycles. The summed E-state index contributed by atoms with van der Waals surface area (Å²) in [4.78, 5) is 19.2. The summed E-state index contributed by atoms with van der Waals surface area (Å²) in [6.45, 7) is 2.86. The first-order chi connectivity index (χ1) is 8.70. The van der Waals surface area contributed by atoms with Crippen molar-refractivity contribution in [2.24, 2.45) is 0 Å². The lowest BCUT2D eigenvalue weighted by Gasteiger charge is -2.17. The number of pyridine rings is 1. The number of rotatable bonds is 7. The molecule has 100 valence electrons. The Morgan fingerprint density at radius 1 is 1.50 bits per heavy atom. The molecule has 5 heteroatoms. The molecule has 1 aromatic rings. The van der Waals surface area contributed by atoms with E-state index in [-0.39, 0.29) is 5.91 Å². The molecule has 0 unspecified atom stereocenters. The van der Waals surface area contributed by atoms with Crippen molar-refractivity contribution in [1.29, 1.82) is 0 Å². The van der Waals surface area contributed by atoms with Gasteiger partial charge in [0.05, 0.1) is 0 Å². The van der Waals surface area contributed by atoms with E-state index in [0.29, 0.717) is 5.69 Å². The van der Waals surface area contributed by atoms with E-state index in [4.69, 9.17) is 0 Å². The van der Waals surface area contributed by atoms with Crippen LogP contribution in [0.1, 0.15) is 23.8 Å². The van der Waals surface area contributed by atoms with Gasteiger partial charge < -0.3 is 4.90 Å². The van der Waals surface area contributed by atoms with Crippen LogP contribution in [0.3, 0.4) is 0 Å². The van der Waals surface area contributed by atoms with E-state index in [2.05, 4.69) is 18.2 Å². The van der Waals surface area contributed by atoms with E-state index in [1.165, 1.54) is 0 Å². The summed E-state index contributed by atoms with van der Waals surface area (Å²) >= 11 is 3.47. The normalized spacial score (nSPS) is 10.4. The number of thioether (sulfide) groups is 2. The first kappa shape index (κ1) is 15.4. The molecule has 0 saturated heterocycles. The van der Waals surface area contributed by atoms with Gasteiger partial charge in [-0.05, 0) is 36.3 Å². The third kappa shape index (κ3) is 4.53. The van der Waals surface area contributed by atoms with E-state index >= 15 is 0 Å². The number of aromatic nitrogens is 1. The molecule has 0 aliphatic rings. The summed E-state index contributed by atoms with van der Waals surface area (Å²) in [5.41, 5.74) is 0.580. The van der Waals surface area contributed by atoms with Crippen LogP contribution >= 0.6 is 23.5 Å². The maximum absolute atomic E-state index is 12.3. The smallest absolute Gasteiger partial charge is 0.273 e. The van der Waals surface area contributed by atoms with Gasteiger partial charge in [0.1, 0.15) is 5.69 Å². The van der Waals surface area contributed by atoms with Crippen LogP contribution in [0.25, 0.3) is 0 Å². The topological polar surface area (TPSA) is 33.2 Å². The van der Waals surface area contributed by atoms with Gasteiger partial charge in [0.25, 0.3) is 5.91 Å². The van der Waals surface area contributed by atoms with Gasteiger partial charge in [-0.2, -0.15) is 11.8 Å². The van der Waals surface area contributed by atoms with Crippen LogP contribution in [-0.2, 0) is 0 Å². The van der Waals surface area contributed by atoms with Crippen molar-refractivity contribution < 1.29 is 4.79 Å². The lowest BCUT2D eigenvalue weighted by atomic mass is 10.3. The van der Waals surface area contributed by atoms with Gasteiger partial charge in [-0.3, -0.25) is 4.79 Å². The molecule has 0 spiro atoms. The first-order valence-corrected chi connectivity index (χ1v) is 8.40. The highest BCUT2D eigenvalue weighted by atomic mass is 32.2. The van der Waals surface area contributed by atoms with Gasteiger partial charge in [0, 0.05) is 24.7 Å². The number of carbonyl (C=O) groups excluding carboxylic acids is 1. The average molecular weight is 284 g/mol. The largest absolute Gasteiger partial charge is 0.340 e. The van der Waals surface area contributed by atoms with Gasteiger partial charge in [0.15, 0.2) is 0 Å². The van der Waals surface area contributed by atoms with Crippen LogP contribution in [0.15, 0.2) is 23.2 Å². The molecular weight excluding hydrogens is 264 g/mol. The molecule has 3 nitrogen and oxygen atoms in total. The molecule has 0 aromatic carbocycles. The Labute approximate surface area is 118 Å². The molecule has 0 aliphatic carbocycles. The maximum atomic E-state index is 12.3. The van der Waals surface area contributed by atoms with Gasteiger partial charge in [-0.1, -0.05) is 6.92 Å². The monoisotopic (exact) mass is 284 g/mol. The number of hydrogen-bond donors (Lipinski definition) is 0. The quantitative estimate of drug-likeness (QED) is 0.569. The zero-order chi connectivity index (χ0) is 13.4. The second-order valence-corrected chi connectivity index (χ2v) is 6.15. The summed E-state index contributed by atoms with van der Waals surface area (Å²) < 4.78 is 0. The summed E-state index contributed by atoms with van der Waals surface area (Å²) in [6.07, 6.45) is 4.78. The Bertz CT molecular complexity index is 385. The molecule has 0 fully saturated rings. The maximum Gasteiger partial charge on any atom is 0.273 e. The van der Waals surface area contributed by atoms with Gasteiger partial charge in [-0.25, -0.2) is 4.98 Å². The van der Waals surface area contributed by atoms with Crippen molar-refractivity contribution in [2.45, 2.75) is 18.2 Å². The fraction of sp³-hybridized carbons (Fsp3) is 0.538. The fourth-order valence-corrected chi connectivity index (χ4v) is 2.73. The average Bonchev–Trinajstić information content (AvgIpc) is 2.39. The third-order valence-corrected chi connectivity index (χ3v) is 4.09. The predicted octanol–water partition coefficient (Wildman–Crippen LogP) is 3.02. The summed E-state index contributed by atoms with van der Waals surface area (Å²) in [6, 6.07) is 3.84. The summed E-state index contributed by atoms with van der Waals surface area (Å²) in [5, 5.41) is 0. The van der Waals surface area contributed by atoms with Crippen LogP contribution < -0.4 is 0 Å². The molecule has 0 atom stereocenters. The SMILES string of the molecule is CCSc1cccnc1C(=O)N(C)CCCSC. The van der Waals surface area contributed by atoms with Crippen molar-refractivity contribution in [2.75, 3.05) is 31.4 Å².